The van der Waals surface area contributed by atoms with E-state index in [9.17, 15) is 9.59 Å². The molecule has 2 rings (SSSR count). The highest BCUT2D eigenvalue weighted by atomic mass is 32.1. The van der Waals surface area contributed by atoms with Gasteiger partial charge in [0, 0.05) is 11.3 Å². The number of alkyl carbamates (subject to hydrolysis) is 1. The van der Waals surface area contributed by atoms with Crippen LogP contribution in [0.15, 0.2) is 46.9 Å². The van der Waals surface area contributed by atoms with Gasteiger partial charge in [-0.05, 0) is 36.4 Å². The summed E-state index contributed by atoms with van der Waals surface area (Å²) in [6.07, 6.45) is 1.32. The van der Waals surface area contributed by atoms with Gasteiger partial charge in [-0.2, -0.15) is 5.10 Å². The Labute approximate surface area is 150 Å². The first-order valence-corrected chi connectivity index (χ1v) is 8.82. The molecule has 1 aromatic heterocycles. The van der Waals surface area contributed by atoms with Crippen molar-refractivity contribution >= 4 is 29.6 Å². The van der Waals surface area contributed by atoms with Crippen LogP contribution in [0.5, 0.6) is 0 Å². The van der Waals surface area contributed by atoms with Crippen molar-refractivity contribution in [3.05, 3.63) is 57.8 Å². The normalized spacial score (nSPS) is 11.9. The summed E-state index contributed by atoms with van der Waals surface area (Å²) < 4.78 is 4.87. The fourth-order valence-corrected chi connectivity index (χ4v) is 2.91. The Bertz CT molecular complexity index is 728. The van der Waals surface area contributed by atoms with Crippen molar-refractivity contribution in [3.63, 3.8) is 0 Å². The highest BCUT2D eigenvalue weighted by Crippen LogP contribution is 2.12. The second kappa shape index (κ2) is 9.58. The maximum atomic E-state index is 12.4. The number of carbonyl (C=O) groups excluding carboxylic acids is 2. The highest BCUT2D eigenvalue weighted by molar-refractivity contribution is 7.11. The van der Waals surface area contributed by atoms with Crippen molar-refractivity contribution in [2.24, 2.45) is 5.10 Å². The van der Waals surface area contributed by atoms with Crippen LogP contribution in [0.3, 0.4) is 0 Å². The number of hydrazone groups is 1. The first-order chi connectivity index (χ1) is 12.1. The molecule has 2 amide bonds. The van der Waals surface area contributed by atoms with Crippen LogP contribution in [0.4, 0.5) is 4.79 Å². The Balaban J connectivity index is 2.02. The van der Waals surface area contributed by atoms with Gasteiger partial charge < -0.3 is 10.1 Å². The van der Waals surface area contributed by atoms with Gasteiger partial charge in [-0.15, -0.1) is 11.3 Å². The Morgan fingerprint density at radius 2 is 2.04 bits per heavy atom. The van der Waals surface area contributed by atoms with Crippen molar-refractivity contribution in [1.29, 1.82) is 0 Å². The average Bonchev–Trinajstić information content (AvgIpc) is 3.00. The summed E-state index contributed by atoms with van der Waals surface area (Å²) in [6.45, 7) is 3.92. The first kappa shape index (κ1) is 18.7. The van der Waals surface area contributed by atoms with E-state index in [0.717, 1.165) is 16.0 Å². The minimum Gasteiger partial charge on any atom is -0.450 e. The van der Waals surface area contributed by atoms with Crippen LogP contribution in [-0.2, 0) is 16.0 Å². The van der Waals surface area contributed by atoms with Crippen molar-refractivity contribution in [1.82, 2.24) is 10.7 Å². The summed E-state index contributed by atoms with van der Waals surface area (Å²) in [5.74, 6) is -0.401. The number of amides is 2. The molecule has 25 heavy (non-hydrogen) atoms. The molecule has 2 N–H and O–H groups in total. The predicted octanol–water partition coefficient (Wildman–Crippen LogP) is 2.86. The van der Waals surface area contributed by atoms with Crippen LogP contribution in [0.2, 0.25) is 0 Å². The summed E-state index contributed by atoms with van der Waals surface area (Å²) in [5, 5.41) is 8.52. The number of rotatable bonds is 7. The van der Waals surface area contributed by atoms with Crippen molar-refractivity contribution in [3.8, 4) is 0 Å². The van der Waals surface area contributed by atoms with E-state index in [1.54, 1.807) is 13.1 Å². The molecule has 1 atom stereocenters. The molecule has 0 saturated carbocycles. The molecule has 6 nitrogen and oxygen atoms in total. The van der Waals surface area contributed by atoms with Gasteiger partial charge in [0.25, 0.3) is 5.91 Å². The van der Waals surface area contributed by atoms with Gasteiger partial charge in [-0.25, -0.2) is 10.2 Å². The lowest BCUT2D eigenvalue weighted by molar-refractivity contribution is -0.123. The van der Waals surface area contributed by atoms with Crippen LogP contribution in [-0.4, -0.2) is 30.9 Å². The molecule has 0 radical (unpaired) electrons. The lowest BCUT2D eigenvalue weighted by Gasteiger charge is -2.16. The standard InChI is InChI=1S/C18H21N3O3S/c1-3-24-18(23)20-15(11-14-7-5-4-6-8-14)17(22)21-19-12-16-13(2)9-10-25-16/h4-10,12,15H,3,11H2,1-2H3,(H,20,23)(H,21,22)/b19-12-/t15-/m0/s1. The number of benzene rings is 1. The van der Waals surface area contributed by atoms with Crippen molar-refractivity contribution in [2.75, 3.05) is 6.61 Å². The molecule has 0 fully saturated rings. The van der Waals surface area contributed by atoms with Gasteiger partial charge >= 0.3 is 6.09 Å². The topological polar surface area (TPSA) is 79.8 Å². The number of thiophene rings is 1. The van der Waals surface area contributed by atoms with Crippen molar-refractivity contribution < 1.29 is 14.3 Å². The molecule has 0 saturated heterocycles. The molecule has 1 aromatic carbocycles. The van der Waals surface area contributed by atoms with E-state index in [4.69, 9.17) is 4.74 Å². The SMILES string of the molecule is CCOC(=O)N[C@@H](Cc1ccccc1)C(=O)N/N=C\c1sccc1C. The first-order valence-electron chi connectivity index (χ1n) is 7.94. The fraction of sp³-hybridized carbons (Fsp3) is 0.278. The lowest BCUT2D eigenvalue weighted by Crippen LogP contribution is -2.47. The summed E-state index contributed by atoms with van der Waals surface area (Å²) in [7, 11) is 0. The van der Waals surface area contributed by atoms with Crippen LogP contribution >= 0.6 is 11.3 Å². The number of carbonyl (C=O) groups is 2. The van der Waals surface area contributed by atoms with Gasteiger partial charge in [0.1, 0.15) is 6.04 Å². The Kier molecular flexibility index (Phi) is 7.16. The predicted molar refractivity (Wildman–Crippen MR) is 98.9 cm³/mol. The summed E-state index contributed by atoms with van der Waals surface area (Å²) in [6, 6.07) is 10.7. The smallest absolute Gasteiger partial charge is 0.407 e. The molecule has 1 heterocycles. The largest absolute Gasteiger partial charge is 0.450 e. The lowest BCUT2D eigenvalue weighted by atomic mass is 10.1. The van der Waals surface area contributed by atoms with Gasteiger partial charge in [0.15, 0.2) is 0 Å². The van der Waals surface area contributed by atoms with E-state index >= 15 is 0 Å². The van der Waals surface area contributed by atoms with E-state index < -0.39 is 18.0 Å². The van der Waals surface area contributed by atoms with Crippen LogP contribution in [0.25, 0.3) is 0 Å². The third kappa shape index (κ3) is 6.04. The molecule has 0 aliphatic rings. The molecular weight excluding hydrogens is 338 g/mol. The minimum atomic E-state index is -0.775. The number of aryl methyl sites for hydroxylation is 1. The molecule has 0 unspecified atom stereocenters. The molecule has 0 spiro atoms. The summed E-state index contributed by atoms with van der Waals surface area (Å²) in [5.41, 5.74) is 4.50. The Morgan fingerprint density at radius 3 is 2.68 bits per heavy atom. The molecule has 7 heteroatoms. The van der Waals surface area contributed by atoms with E-state index in [0.29, 0.717) is 6.42 Å². The van der Waals surface area contributed by atoms with Gasteiger partial charge in [0.05, 0.1) is 12.8 Å². The number of nitrogens with zero attached hydrogens (tertiary/aromatic N) is 1. The molecule has 0 aliphatic carbocycles. The monoisotopic (exact) mass is 359 g/mol. The highest BCUT2D eigenvalue weighted by Gasteiger charge is 2.21. The van der Waals surface area contributed by atoms with E-state index in [1.807, 2.05) is 48.7 Å². The van der Waals surface area contributed by atoms with Crippen LogP contribution in [0.1, 0.15) is 22.9 Å². The van der Waals surface area contributed by atoms with Gasteiger partial charge in [-0.1, -0.05) is 30.3 Å². The van der Waals surface area contributed by atoms with E-state index in [1.165, 1.54) is 11.3 Å². The van der Waals surface area contributed by atoms with E-state index in [-0.39, 0.29) is 6.61 Å². The quantitative estimate of drug-likeness (QED) is 0.589. The molecular formula is C18H21N3O3S. The maximum absolute atomic E-state index is 12.4. The van der Waals surface area contributed by atoms with Gasteiger partial charge in [-0.3, -0.25) is 4.79 Å². The van der Waals surface area contributed by atoms with Crippen LogP contribution in [0, 0.1) is 6.92 Å². The third-order valence-electron chi connectivity index (χ3n) is 3.42. The number of hydrogen-bond donors (Lipinski definition) is 2. The van der Waals surface area contributed by atoms with E-state index in [2.05, 4.69) is 15.8 Å². The summed E-state index contributed by atoms with van der Waals surface area (Å²) in [4.78, 5) is 25.1. The second-order valence-electron chi connectivity index (χ2n) is 5.31. The van der Waals surface area contributed by atoms with Crippen LogP contribution < -0.4 is 10.7 Å². The molecule has 0 bridgehead atoms. The zero-order valence-corrected chi connectivity index (χ0v) is 15.0. The van der Waals surface area contributed by atoms with Crippen molar-refractivity contribution in [2.45, 2.75) is 26.3 Å². The number of ether oxygens (including phenoxy) is 1. The number of nitrogens with one attached hydrogen (secondary N) is 2. The Morgan fingerprint density at radius 1 is 1.28 bits per heavy atom. The minimum absolute atomic E-state index is 0.237. The molecule has 132 valence electrons. The molecule has 2 aromatic rings. The summed E-state index contributed by atoms with van der Waals surface area (Å²) >= 11 is 1.54. The molecule has 0 aliphatic heterocycles. The third-order valence-corrected chi connectivity index (χ3v) is 4.38. The zero-order valence-electron chi connectivity index (χ0n) is 14.2. The van der Waals surface area contributed by atoms with Gasteiger partial charge in [0.2, 0.25) is 0 Å². The second-order valence-corrected chi connectivity index (χ2v) is 6.26. The Hall–Kier alpha value is -2.67. The zero-order chi connectivity index (χ0) is 18.1. The average molecular weight is 359 g/mol. The fourth-order valence-electron chi connectivity index (χ4n) is 2.12. The maximum Gasteiger partial charge on any atom is 0.407 e. The number of hydrogen-bond acceptors (Lipinski definition) is 5.